The number of hydrogen-bond donors (Lipinski definition) is 1. The number of benzene rings is 2. The standard InChI is InChI=1S/C21H28N2O3S/c1-7-19(18-10-8-14(2)12-15(18)3)22-21(24)17-9-11-20(16(4)13-17)23(5)27(6,25)26/h8-13,19H,7H2,1-6H3,(H,22,24)/t19-/m1/s1. The van der Waals surface area contributed by atoms with E-state index in [1.807, 2.05) is 13.8 Å². The lowest BCUT2D eigenvalue weighted by Crippen LogP contribution is -2.29. The van der Waals surface area contributed by atoms with E-state index in [0.29, 0.717) is 11.3 Å². The van der Waals surface area contributed by atoms with Crippen LogP contribution in [0.2, 0.25) is 0 Å². The van der Waals surface area contributed by atoms with Gasteiger partial charge >= 0.3 is 0 Å². The van der Waals surface area contributed by atoms with E-state index >= 15 is 0 Å². The molecule has 2 aromatic rings. The molecule has 2 aromatic carbocycles. The summed E-state index contributed by atoms with van der Waals surface area (Å²) in [5.41, 5.74) is 5.27. The quantitative estimate of drug-likeness (QED) is 0.816. The zero-order valence-electron chi connectivity index (χ0n) is 16.8. The van der Waals surface area contributed by atoms with Gasteiger partial charge in [0, 0.05) is 12.6 Å². The zero-order valence-corrected chi connectivity index (χ0v) is 17.6. The Balaban J connectivity index is 2.25. The number of carbonyl (C=O) groups is 1. The van der Waals surface area contributed by atoms with Gasteiger partial charge in [0.1, 0.15) is 0 Å². The van der Waals surface area contributed by atoms with Gasteiger partial charge in [-0.1, -0.05) is 30.7 Å². The highest BCUT2D eigenvalue weighted by molar-refractivity contribution is 7.92. The third-order valence-corrected chi connectivity index (χ3v) is 6.00. The Kier molecular flexibility index (Phi) is 6.31. The fourth-order valence-electron chi connectivity index (χ4n) is 3.19. The lowest BCUT2D eigenvalue weighted by atomic mass is 9.97. The number of amides is 1. The molecule has 146 valence electrons. The Labute approximate surface area is 162 Å². The van der Waals surface area contributed by atoms with E-state index < -0.39 is 10.0 Å². The van der Waals surface area contributed by atoms with Gasteiger partial charge in [0.15, 0.2) is 0 Å². The van der Waals surface area contributed by atoms with Gasteiger partial charge in [-0.25, -0.2) is 8.42 Å². The second-order valence-corrected chi connectivity index (χ2v) is 9.04. The summed E-state index contributed by atoms with van der Waals surface area (Å²) in [4.78, 5) is 12.8. The van der Waals surface area contributed by atoms with E-state index in [2.05, 4.69) is 30.4 Å². The number of hydrogen-bond acceptors (Lipinski definition) is 3. The molecule has 0 radical (unpaired) electrons. The summed E-state index contributed by atoms with van der Waals surface area (Å²) in [6, 6.07) is 11.2. The molecule has 0 aliphatic carbocycles. The van der Waals surface area contributed by atoms with Crippen LogP contribution in [0.1, 0.15) is 52.0 Å². The molecule has 0 fully saturated rings. The first kappa shape index (κ1) is 21.0. The van der Waals surface area contributed by atoms with Crippen LogP contribution in [-0.2, 0) is 10.0 Å². The second-order valence-electron chi connectivity index (χ2n) is 7.03. The van der Waals surface area contributed by atoms with Crippen molar-refractivity contribution in [3.63, 3.8) is 0 Å². The largest absolute Gasteiger partial charge is 0.345 e. The van der Waals surface area contributed by atoms with E-state index in [4.69, 9.17) is 0 Å². The molecule has 1 amide bonds. The third kappa shape index (κ3) is 4.89. The fourth-order valence-corrected chi connectivity index (χ4v) is 3.75. The Bertz CT molecular complexity index is 952. The summed E-state index contributed by atoms with van der Waals surface area (Å²) in [7, 11) is -1.84. The minimum absolute atomic E-state index is 0.0724. The van der Waals surface area contributed by atoms with Crippen LogP contribution in [0.25, 0.3) is 0 Å². The molecule has 0 saturated carbocycles. The summed E-state index contributed by atoms with van der Waals surface area (Å²) in [6.45, 7) is 7.94. The molecule has 0 saturated heterocycles. The van der Waals surface area contributed by atoms with Crippen molar-refractivity contribution in [3.05, 3.63) is 64.2 Å². The van der Waals surface area contributed by atoms with Gasteiger partial charge in [0.2, 0.25) is 10.0 Å². The average Bonchev–Trinajstić information content (AvgIpc) is 2.58. The molecule has 0 spiro atoms. The highest BCUT2D eigenvalue weighted by Crippen LogP contribution is 2.24. The van der Waals surface area contributed by atoms with Gasteiger partial charge in [-0.05, 0) is 62.1 Å². The second kappa shape index (κ2) is 8.13. The number of aryl methyl sites for hydroxylation is 3. The van der Waals surface area contributed by atoms with Crippen molar-refractivity contribution in [2.75, 3.05) is 17.6 Å². The Hall–Kier alpha value is -2.34. The number of nitrogens with zero attached hydrogens (tertiary/aromatic N) is 1. The van der Waals surface area contributed by atoms with Crippen molar-refractivity contribution in [1.29, 1.82) is 0 Å². The van der Waals surface area contributed by atoms with E-state index in [0.717, 1.165) is 29.4 Å². The summed E-state index contributed by atoms with van der Waals surface area (Å²) < 4.78 is 24.7. The molecule has 0 aromatic heterocycles. The smallest absolute Gasteiger partial charge is 0.251 e. The molecule has 0 bridgehead atoms. The van der Waals surface area contributed by atoms with Crippen LogP contribution in [0.15, 0.2) is 36.4 Å². The van der Waals surface area contributed by atoms with Crippen LogP contribution in [0.4, 0.5) is 5.69 Å². The van der Waals surface area contributed by atoms with Crippen molar-refractivity contribution in [2.45, 2.75) is 40.2 Å². The Morgan fingerprint density at radius 2 is 1.74 bits per heavy atom. The van der Waals surface area contributed by atoms with Gasteiger partial charge < -0.3 is 5.32 Å². The van der Waals surface area contributed by atoms with Crippen molar-refractivity contribution < 1.29 is 13.2 Å². The van der Waals surface area contributed by atoms with E-state index in [1.54, 1.807) is 25.1 Å². The van der Waals surface area contributed by atoms with Gasteiger partial charge in [-0.15, -0.1) is 0 Å². The number of anilines is 1. The highest BCUT2D eigenvalue weighted by Gasteiger charge is 2.18. The molecule has 0 aliphatic rings. The van der Waals surface area contributed by atoms with Crippen LogP contribution in [0.3, 0.4) is 0 Å². The molecule has 2 rings (SSSR count). The predicted octanol–water partition coefficient (Wildman–Crippen LogP) is 3.89. The molecule has 5 nitrogen and oxygen atoms in total. The van der Waals surface area contributed by atoms with E-state index in [9.17, 15) is 13.2 Å². The maximum atomic E-state index is 12.8. The maximum absolute atomic E-state index is 12.8. The average molecular weight is 389 g/mol. The van der Waals surface area contributed by atoms with Gasteiger partial charge in [-0.2, -0.15) is 0 Å². The lowest BCUT2D eigenvalue weighted by Gasteiger charge is -2.21. The summed E-state index contributed by atoms with van der Waals surface area (Å²) in [5.74, 6) is -0.168. The van der Waals surface area contributed by atoms with Gasteiger partial charge in [-0.3, -0.25) is 9.10 Å². The number of nitrogens with one attached hydrogen (secondary N) is 1. The number of sulfonamides is 1. The fraction of sp³-hybridized carbons (Fsp3) is 0.381. The summed E-state index contributed by atoms with van der Waals surface area (Å²) in [5, 5.41) is 3.09. The molecule has 27 heavy (non-hydrogen) atoms. The van der Waals surface area contributed by atoms with Crippen molar-refractivity contribution >= 4 is 21.6 Å². The predicted molar refractivity (Wildman–Crippen MR) is 111 cm³/mol. The SMILES string of the molecule is CC[C@@H](NC(=O)c1ccc(N(C)S(C)(=O)=O)c(C)c1)c1ccc(C)cc1C. The minimum atomic E-state index is -3.35. The van der Waals surface area contributed by atoms with Crippen LogP contribution >= 0.6 is 0 Å². The summed E-state index contributed by atoms with van der Waals surface area (Å²) >= 11 is 0. The van der Waals surface area contributed by atoms with Crippen molar-refractivity contribution in [2.24, 2.45) is 0 Å². The minimum Gasteiger partial charge on any atom is -0.345 e. The molecule has 0 heterocycles. The Morgan fingerprint density at radius 1 is 1.07 bits per heavy atom. The third-order valence-electron chi connectivity index (χ3n) is 4.81. The van der Waals surface area contributed by atoms with Crippen LogP contribution in [0, 0.1) is 20.8 Å². The Morgan fingerprint density at radius 3 is 2.26 bits per heavy atom. The highest BCUT2D eigenvalue weighted by atomic mass is 32.2. The normalized spacial score (nSPS) is 12.5. The number of carbonyl (C=O) groups excluding carboxylic acids is 1. The zero-order chi connectivity index (χ0) is 20.4. The molecular formula is C21H28N2O3S. The van der Waals surface area contributed by atoms with E-state index in [-0.39, 0.29) is 11.9 Å². The first-order valence-corrected chi connectivity index (χ1v) is 10.8. The first-order chi connectivity index (χ1) is 12.5. The topological polar surface area (TPSA) is 66.5 Å². The maximum Gasteiger partial charge on any atom is 0.251 e. The molecule has 0 unspecified atom stereocenters. The van der Waals surface area contributed by atoms with Crippen LogP contribution in [-0.4, -0.2) is 27.6 Å². The van der Waals surface area contributed by atoms with Crippen LogP contribution in [0.5, 0.6) is 0 Å². The lowest BCUT2D eigenvalue weighted by molar-refractivity contribution is 0.0935. The molecule has 1 atom stereocenters. The van der Waals surface area contributed by atoms with Crippen molar-refractivity contribution in [3.8, 4) is 0 Å². The molecule has 1 N–H and O–H groups in total. The van der Waals surface area contributed by atoms with E-state index in [1.165, 1.54) is 16.9 Å². The molecule has 6 heteroatoms. The molecular weight excluding hydrogens is 360 g/mol. The van der Waals surface area contributed by atoms with Gasteiger partial charge in [0.25, 0.3) is 5.91 Å². The van der Waals surface area contributed by atoms with Gasteiger partial charge in [0.05, 0.1) is 18.0 Å². The molecule has 0 aliphatic heterocycles. The number of rotatable bonds is 6. The van der Waals surface area contributed by atoms with Crippen molar-refractivity contribution in [1.82, 2.24) is 5.32 Å². The summed E-state index contributed by atoms with van der Waals surface area (Å²) in [6.07, 6.45) is 1.94. The monoisotopic (exact) mass is 388 g/mol. The first-order valence-electron chi connectivity index (χ1n) is 8.97. The van der Waals surface area contributed by atoms with Crippen LogP contribution < -0.4 is 9.62 Å².